The van der Waals surface area contributed by atoms with Crippen molar-refractivity contribution < 1.29 is 14.3 Å². The van der Waals surface area contributed by atoms with Crippen LogP contribution in [-0.2, 0) is 19.7 Å². The van der Waals surface area contributed by atoms with Gasteiger partial charge in [0, 0.05) is 11.9 Å². The van der Waals surface area contributed by atoms with Crippen LogP contribution in [0.25, 0.3) is 0 Å². The molecule has 122 valence electrons. The molecule has 4 nitrogen and oxygen atoms in total. The molecule has 0 aliphatic carbocycles. The zero-order valence-corrected chi connectivity index (χ0v) is 15.2. The lowest BCUT2D eigenvalue weighted by Crippen LogP contribution is -2.44. The third kappa shape index (κ3) is 3.88. The Morgan fingerprint density at radius 1 is 1.41 bits per heavy atom. The SMILES string of the molecule is CCBr.COC(=O)[C@@H](C)N1CCC(C)(c2ccccc2)C1=O. The summed E-state index contributed by atoms with van der Waals surface area (Å²) in [6.07, 6.45) is 0.719. The number of benzene rings is 1. The highest BCUT2D eigenvalue weighted by atomic mass is 79.9. The van der Waals surface area contributed by atoms with Crippen LogP contribution in [0.5, 0.6) is 0 Å². The largest absolute Gasteiger partial charge is 0.467 e. The molecule has 1 heterocycles. The van der Waals surface area contributed by atoms with Gasteiger partial charge in [-0.1, -0.05) is 53.2 Å². The quantitative estimate of drug-likeness (QED) is 0.607. The molecule has 1 fully saturated rings. The second-order valence-corrected chi connectivity index (χ2v) is 6.53. The molecule has 22 heavy (non-hydrogen) atoms. The van der Waals surface area contributed by atoms with Crippen LogP contribution < -0.4 is 0 Å². The smallest absolute Gasteiger partial charge is 0.328 e. The van der Waals surface area contributed by atoms with Gasteiger partial charge in [0.25, 0.3) is 0 Å². The van der Waals surface area contributed by atoms with Crippen LogP contribution in [0, 0.1) is 0 Å². The Morgan fingerprint density at radius 2 is 1.95 bits per heavy atom. The molecule has 2 rings (SSSR count). The summed E-state index contributed by atoms with van der Waals surface area (Å²) in [5.41, 5.74) is 0.461. The highest BCUT2D eigenvalue weighted by Gasteiger charge is 2.46. The summed E-state index contributed by atoms with van der Waals surface area (Å²) in [6, 6.07) is 9.19. The average Bonchev–Trinajstić information content (AvgIpc) is 2.84. The number of halogens is 1. The molecule has 1 aromatic rings. The number of hydrogen-bond acceptors (Lipinski definition) is 3. The summed E-state index contributed by atoms with van der Waals surface area (Å²) >= 11 is 3.15. The van der Waals surface area contributed by atoms with E-state index in [-0.39, 0.29) is 11.9 Å². The lowest BCUT2D eigenvalue weighted by atomic mass is 9.81. The number of alkyl halides is 1. The molecule has 0 N–H and O–H groups in total. The van der Waals surface area contributed by atoms with E-state index in [1.165, 1.54) is 7.11 Å². The Labute approximate surface area is 141 Å². The van der Waals surface area contributed by atoms with Gasteiger partial charge in [0.15, 0.2) is 0 Å². The van der Waals surface area contributed by atoms with Crippen LogP contribution in [0.2, 0.25) is 0 Å². The van der Waals surface area contributed by atoms with Crippen molar-refractivity contribution in [1.82, 2.24) is 4.90 Å². The summed E-state index contributed by atoms with van der Waals surface area (Å²) in [5, 5.41) is 1.06. The number of hydrogen-bond donors (Lipinski definition) is 0. The molecule has 1 amide bonds. The maximum Gasteiger partial charge on any atom is 0.328 e. The fourth-order valence-corrected chi connectivity index (χ4v) is 2.61. The van der Waals surface area contributed by atoms with Gasteiger partial charge in [-0.3, -0.25) is 4.79 Å². The van der Waals surface area contributed by atoms with Crippen molar-refractivity contribution in [3.05, 3.63) is 35.9 Å². The Kier molecular flexibility index (Phi) is 7.07. The number of carbonyl (C=O) groups excluding carboxylic acids is 2. The third-order valence-corrected chi connectivity index (χ3v) is 4.01. The molecule has 0 spiro atoms. The number of likely N-dealkylation sites (tertiary alicyclic amines) is 1. The highest BCUT2D eigenvalue weighted by molar-refractivity contribution is 9.09. The van der Waals surface area contributed by atoms with Gasteiger partial charge in [-0.15, -0.1) is 0 Å². The van der Waals surface area contributed by atoms with Crippen molar-refractivity contribution in [2.75, 3.05) is 19.0 Å². The second-order valence-electron chi connectivity index (χ2n) is 5.41. The van der Waals surface area contributed by atoms with E-state index in [0.717, 1.165) is 17.3 Å². The maximum absolute atomic E-state index is 12.6. The monoisotopic (exact) mass is 369 g/mol. The Bertz CT molecular complexity index is 506. The third-order valence-electron chi connectivity index (χ3n) is 4.01. The number of nitrogens with zero attached hydrogens (tertiary/aromatic N) is 1. The van der Waals surface area contributed by atoms with Gasteiger partial charge >= 0.3 is 5.97 Å². The minimum absolute atomic E-state index is 0.00315. The minimum Gasteiger partial charge on any atom is -0.467 e. The van der Waals surface area contributed by atoms with E-state index in [1.807, 2.05) is 44.2 Å². The molecule has 0 bridgehead atoms. The predicted molar refractivity (Wildman–Crippen MR) is 91.1 cm³/mol. The van der Waals surface area contributed by atoms with E-state index < -0.39 is 11.5 Å². The standard InChI is InChI=1S/C15H19NO3.C2H5Br/c1-11(13(17)19-3)16-10-9-15(2,14(16)18)12-7-5-4-6-8-12;1-2-3/h4-8,11H,9-10H2,1-3H3;2H2,1H3/t11-,15?;/m1./s1. The van der Waals surface area contributed by atoms with Gasteiger partial charge in [0.2, 0.25) is 5.91 Å². The molecule has 0 aromatic heterocycles. The van der Waals surface area contributed by atoms with E-state index in [4.69, 9.17) is 4.74 Å². The van der Waals surface area contributed by atoms with Gasteiger partial charge < -0.3 is 9.64 Å². The summed E-state index contributed by atoms with van der Waals surface area (Å²) in [7, 11) is 1.34. The molecule has 5 heteroatoms. The van der Waals surface area contributed by atoms with Crippen molar-refractivity contribution in [2.45, 2.75) is 38.6 Å². The summed E-state index contributed by atoms with van der Waals surface area (Å²) < 4.78 is 4.71. The van der Waals surface area contributed by atoms with Crippen molar-refractivity contribution in [2.24, 2.45) is 0 Å². The van der Waals surface area contributed by atoms with Gasteiger partial charge in [0.05, 0.1) is 12.5 Å². The summed E-state index contributed by atoms with van der Waals surface area (Å²) in [5.74, 6) is -0.373. The number of carbonyl (C=O) groups is 2. The topological polar surface area (TPSA) is 46.6 Å². The molecule has 1 aliphatic rings. The zero-order valence-electron chi connectivity index (χ0n) is 13.6. The van der Waals surface area contributed by atoms with E-state index >= 15 is 0 Å². The van der Waals surface area contributed by atoms with Gasteiger partial charge in [0.1, 0.15) is 6.04 Å². The summed E-state index contributed by atoms with van der Waals surface area (Å²) in [6.45, 7) is 6.27. The Balaban J connectivity index is 0.000000745. The molecule has 0 saturated carbocycles. The predicted octanol–water partition coefficient (Wildman–Crippen LogP) is 3.14. The number of methoxy groups -OCH3 is 1. The van der Waals surface area contributed by atoms with E-state index in [1.54, 1.807) is 11.8 Å². The molecule has 0 radical (unpaired) electrons. The molecular formula is C17H24BrNO3. The molecule has 1 unspecified atom stereocenters. The second kappa shape index (κ2) is 8.32. The number of esters is 1. The van der Waals surface area contributed by atoms with Gasteiger partial charge in [-0.2, -0.15) is 0 Å². The van der Waals surface area contributed by atoms with Crippen LogP contribution >= 0.6 is 15.9 Å². The molecule has 1 aromatic carbocycles. The van der Waals surface area contributed by atoms with Crippen LogP contribution in [-0.4, -0.2) is 41.8 Å². The molecule has 1 saturated heterocycles. The first-order chi connectivity index (χ1) is 10.4. The van der Waals surface area contributed by atoms with Gasteiger partial charge in [-0.05, 0) is 25.8 Å². The highest BCUT2D eigenvalue weighted by Crippen LogP contribution is 2.36. The molecular weight excluding hydrogens is 346 g/mol. The zero-order chi connectivity index (χ0) is 16.8. The number of ether oxygens (including phenoxy) is 1. The van der Waals surface area contributed by atoms with E-state index in [0.29, 0.717) is 6.54 Å². The molecule has 2 atom stereocenters. The van der Waals surface area contributed by atoms with Gasteiger partial charge in [-0.25, -0.2) is 4.79 Å². The van der Waals surface area contributed by atoms with Crippen molar-refractivity contribution >= 4 is 27.8 Å². The number of rotatable bonds is 3. The lowest BCUT2D eigenvalue weighted by Gasteiger charge is -2.26. The van der Waals surface area contributed by atoms with E-state index in [9.17, 15) is 9.59 Å². The fraction of sp³-hybridized carbons (Fsp3) is 0.529. The number of amides is 1. The lowest BCUT2D eigenvalue weighted by molar-refractivity contribution is -0.151. The first-order valence-corrected chi connectivity index (χ1v) is 8.54. The van der Waals surface area contributed by atoms with Crippen molar-refractivity contribution in [3.8, 4) is 0 Å². The van der Waals surface area contributed by atoms with E-state index in [2.05, 4.69) is 15.9 Å². The van der Waals surface area contributed by atoms with Crippen LogP contribution in [0.15, 0.2) is 30.3 Å². The first-order valence-electron chi connectivity index (χ1n) is 7.42. The fourth-order valence-electron chi connectivity index (χ4n) is 2.61. The Morgan fingerprint density at radius 3 is 2.45 bits per heavy atom. The van der Waals surface area contributed by atoms with Crippen molar-refractivity contribution in [3.63, 3.8) is 0 Å². The average molecular weight is 370 g/mol. The maximum atomic E-state index is 12.6. The van der Waals surface area contributed by atoms with Crippen LogP contribution in [0.1, 0.15) is 32.8 Å². The van der Waals surface area contributed by atoms with Crippen LogP contribution in [0.3, 0.4) is 0 Å². The van der Waals surface area contributed by atoms with Crippen molar-refractivity contribution in [1.29, 1.82) is 0 Å². The molecule has 1 aliphatic heterocycles. The van der Waals surface area contributed by atoms with Crippen LogP contribution in [0.4, 0.5) is 0 Å². The minimum atomic E-state index is -0.538. The summed E-state index contributed by atoms with van der Waals surface area (Å²) in [4.78, 5) is 25.8. The first kappa shape index (κ1) is 18.7. The normalized spacial score (nSPS) is 21.9. The Hall–Kier alpha value is -1.36.